The molecule has 8 heteroatoms. The summed E-state index contributed by atoms with van der Waals surface area (Å²) < 4.78 is 0. The predicted octanol–water partition coefficient (Wildman–Crippen LogP) is -2.58. The van der Waals surface area contributed by atoms with Crippen molar-refractivity contribution in [1.29, 1.82) is 0 Å². The van der Waals surface area contributed by atoms with E-state index in [1.165, 1.54) is 10.1 Å². The van der Waals surface area contributed by atoms with Gasteiger partial charge in [0.05, 0.1) is 39.6 Å². The Morgan fingerprint density at radius 1 is 0.556 bits per heavy atom. The summed E-state index contributed by atoms with van der Waals surface area (Å²) in [6.07, 6.45) is 0. The van der Waals surface area contributed by atoms with E-state index >= 15 is 0 Å². The molecular weight excluding hydrogens is 244 g/mol. The molecule has 0 spiro atoms. The molecule has 0 aliphatic rings. The smallest absolute Gasteiger partial charge is 0.0939 e. The van der Waals surface area contributed by atoms with Crippen LogP contribution in [0.2, 0.25) is 0 Å². The van der Waals surface area contributed by atoms with E-state index in [9.17, 15) is 0 Å². The third kappa shape index (κ3) is 9.68. The minimum absolute atomic E-state index is 0.0536. The molecule has 0 fully saturated rings. The topological polar surface area (TPSA) is 106 Å². The van der Waals surface area contributed by atoms with Gasteiger partial charge < -0.3 is 20.4 Å². The van der Waals surface area contributed by atoms with Crippen LogP contribution in [0.1, 0.15) is 0 Å². The second-order valence-corrected chi connectivity index (χ2v) is 3.42. The predicted molar refractivity (Wildman–Crippen MR) is 63.4 cm³/mol. The monoisotopic (exact) mass is 268 g/mol. The highest BCUT2D eigenvalue weighted by atomic mass is 16.7. The maximum atomic E-state index is 8.75. The van der Waals surface area contributed by atoms with Gasteiger partial charge in [0.2, 0.25) is 0 Å². The van der Waals surface area contributed by atoms with Gasteiger partial charge in [0, 0.05) is 26.2 Å². The molecule has 0 saturated heterocycles. The van der Waals surface area contributed by atoms with Crippen molar-refractivity contribution in [3.8, 4) is 0 Å². The Morgan fingerprint density at radius 2 is 0.833 bits per heavy atom. The van der Waals surface area contributed by atoms with E-state index in [4.69, 9.17) is 30.1 Å². The van der Waals surface area contributed by atoms with Crippen LogP contribution in [-0.4, -0.2) is 96.4 Å². The highest BCUT2D eigenvalue weighted by molar-refractivity contribution is 4.45. The molecule has 0 saturated carbocycles. The summed E-state index contributed by atoms with van der Waals surface area (Å²) in [6.45, 7) is 1.57. The van der Waals surface area contributed by atoms with Crippen LogP contribution in [0.25, 0.3) is 0 Å². The fourth-order valence-electron chi connectivity index (χ4n) is 1.26. The van der Waals surface area contributed by atoms with E-state index in [1.807, 2.05) is 0 Å². The van der Waals surface area contributed by atoms with Crippen molar-refractivity contribution in [3.63, 3.8) is 0 Å². The van der Waals surface area contributed by atoms with Gasteiger partial charge in [-0.2, -0.15) is 10.1 Å². The average Bonchev–Trinajstić information content (AvgIpc) is 2.35. The first-order valence-corrected chi connectivity index (χ1v) is 5.97. The number of nitrogens with zero attached hydrogens (tertiary/aromatic N) is 2. The minimum Gasteiger partial charge on any atom is -0.395 e. The number of hydrogen-bond acceptors (Lipinski definition) is 8. The third-order valence-corrected chi connectivity index (χ3v) is 2.03. The number of rotatable bonds is 13. The lowest BCUT2D eigenvalue weighted by atomic mass is 10.6. The number of aliphatic hydroxyl groups excluding tert-OH is 4. The molecule has 110 valence electrons. The van der Waals surface area contributed by atoms with Crippen LogP contribution in [-0.2, 0) is 9.68 Å². The van der Waals surface area contributed by atoms with Crippen LogP contribution in [0, 0.1) is 0 Å². The fourth-order valence-corrected chi connectivity index (χ4v) is 1.26. The quantitative estimate of drug-likeness (QED) is 0.213. The second kappa shape index (κ2) is 13.1. The summed E-state index contributed by atoms with van der Waals surface area (Å²) in [5.41, 5.74) is 0. The first-order valence-electron chi connectivity index (χ1n) is 5.97. The minimum atomic E-state index is -0.0536. The molecular formula is C10H24N2O6. The van der Waals surface area contributed by atoms with Crippen LogP contribution in [0.4, 0.5) is 0 Å². The lowest BCUT2D eigenvalue weighted by Gasteiger charge is -2.22. The summed E-state index contributed by atoms with van der Waals surface area (Å²) in [5.74, 6) is 0. The zero-order valence-corrected chi connectivity index (χ0v) is 10.6. The Hall–Kier alpha value is -0.320. The van der Waals surface area contributed by atoms with Crippen LogP contribution in [0.5, 0.6) is 0 Å². The molecule has 0 radical (unpaired) electrons. The highest BCUT2D eigenvalue weighted by Crippen LogP contribution is 1.93. The molecule has 0 bridgehead atoms. The Bertz CT molecular complexity index is 144. The number of hydrogen-bond donors (Lipinski definition) is 4. The molecule has 0 heterocycles. The lowest BCUT2D eigenvalue weighted by molar-refractivity contribution is -0.219. The van der Waals surface area contributed by atoms with Gasteiger partial charge in [0.15, 0.2) is 0 Å². The third-order valence-electron chi connectivity index (χ3n) is 2.03. The summed E-state index contributed by atoms with van der Waals surface area (Å²) in [7, 11) is 0. The first kappa shape index (κ1) is 17.7. The molecule has 4 N–H and O–H groups in total. The molecule has 0 aromatic heterocycles. The van der Waals surface area contributed by atoms with E-state index in [1.54, 1.807) is 0 Å². The fraction of sp³-hybridized carbons (Fsp3) is 1.00. The number of aliphatic hydroxyl groups is 4. The molecule has 0 amide bonds. The maximum absolute atomic E-state index is 8.75. The van der Waals surface area contributed by atoms with Crippen LogP contribution in [0.15, 0.2) is 0 Å². The van der Waals surface area contributed by atoms with Crippen LogP contribution >= 0.6 is 0 Å². The summed E-state index contributed by atoms with van der Waals surface area (Å²) in [6, 6.07) is 0. The van der Waals surface area contributed by atoms with Crippen LogP contribution < -0.4 is 0 Å². The molecule has 0 aliphatic heterocycles. The summed E-state index contributed by atoms with van der Waals surface area (Å²) in [5, 5.41) is 37.9. The number of hydroxylamine groups is 4. The Labute approximate surface area is 107 Å². The molecule has 0 aromatic carbocycles. The average molecular weight is 268 g/mol. The zero-order chi connectivity index (χ0) is 13.6. The molecule has 0 aliphatic carbocycles. The van der Waals surface area contributed by atoms with E-state index in [2.05, 4.69) is 0 Å². The van der Waals surface area contributed by atoms with Gasteiger partial charge in [-0.05, 0) is 0 Å². The van der Waals surface area contributed by atoms with E-state index in [0.717, 1.165) is 0 Å². The van der Waals surface area contributed by atoms with Crippen molar-refractivity contribution in [3.05, 3.63) is 0 Å². The standard InChI is InChI=1S/C10H24N2O6/c13-5-1-11(2-6-14)17-9-10-18-12(3-7-15)4-8-16/h13-16H,1-10H2. The van der Waals surface area contributed by atoms with Gasteiger partial charge in [-0.3, -0.25) is 9.68 Å². The van der Waals surface area contributed by atoms with E-state index in [-0.39, 0.29) is 39.6 Å². The Balaban J connectivity index is 3.66. The van der Waals surface area contributed by atoms with Crippen molar-refractivity contribution < 1.29 is 30.1 Å². The summed E-state index contributed by atoms with van der Waals surface area (Å²) in [4.78, 5) is 10.5. The molecule has 0 rings (SSSR count). The van der Waals surface area contributed by atoms with Crippen molar-refractivity contribution in [1.82, 2.24) is 10.1 Å². The van der Waals surface area contributed by atoms with Gasteiger partial charge in [0.1, 0.15) is 0 Å². The SMILES string of the molecule is OCCN(CCO)OCCON(CCO)CCO. The first-order chi connectivity index (χ1) is 8.78. The van der Waals surface area contributed by atoms with Gasteiger partial charge in [-0.15, -0.1) is 0 Å². The van der Waals surface area contributed by atoms with E-state index in [0.29, 0.717) is 26.2 Å². The normalized spacial score (nSPS) is 11.7. The van der Waals surface area contributed by atoms with Gasteiger partial charge in [0.25, 0.3) is 0 Å². The van der Waals surface area contributed by atoms with Gasteiger partial charge in [-0.1, -0.05) is 0 Å². The zero-order valence-electron chi connectivity index (χ0n) is 10.6. The molecule has 0 atom stereocenters. The lowest BCUT2D eigenvalue weighted by Crippen LogP contribution is -2.34. The Morgan fingerprint density at radius 3 is 1.06 bits per heavy atom. The maximum Gasteiger partial charge on any atom is 0.0939 e. The van der Waals surface area contributed by atoms with Gasteiger partial charge >= 0.3 is 0 Å². The van der Waals surface area contributed by atoms with Crippen molar-refractivity contribution in [2.45, 2.75) is 0 Å². The van der Waals surface area contributed by atoms with Gasteiger partial charge in [-0.25, -0.2) is 0 Å². The van der Waals surface area contributed by atoms with Crippen LogP contribution in [0.3, 0.4) is 0 Å². The summed E-state index contributed by atoms with van der Waals surface area (Å²) >= 11 is 0. The highest BCUT2D eigenvalue weighted by Gasteiger charge is 2.06. The molecule has 0 aromatic rings. The van der Waals surface area contributed by atoms with Crippen molar-refractivity contribution >= 4 is 0 Å². The van der Waals surface area contributed by atoms with Crippen molar-refractivity contribution in [2.24, 2.45) is 0 Å². The van der Waals surface area contributed by atoms with E-state index < -0.39 is 0 Å². The molecule has 18 heavy (non-hydrogen) atoms. The molecule has 8 nitrogen and oxygen atoms in total. The largest absolute Gasteiger partial charge is 0.395 e. The second-order valence-electron chi connectivity index (χ2n) is 3.42. The Kier molecular flexibility index (Phi) is 12.9. The van der Waals surface area contributed by atoms with Crippen molar-refractivity contribution in [2.75, 3.05) is 65.8 Å². The molecule has 0 unspecified atom stereocenters.